The van der Waals surface area contributed by atoms with E-state index in [1.807, 2.05) is 20.8 Å². The summed E-state index contributed by atoms with van der Waals surface area (Å²) in [6.45, 7) is 6.07. The van der Waals surface area contributed by atoms with Gasteiger partial charge in [-0.05, 0) is 18.6 Å². The highest BCUT2D eigenvalue weighted by atomic mass is 32.2. The van der Waals surface area contributed by atoms with Gasteiger partial charge in [-0.25, -0.2) is 0 Å². The van der Waals surface area contributed by atoms with Crippen LogP contribution < -0.4 is 5.73 Å². The normalized spacial score (nSPS) is 11.5. The zero-order chi connectivity index (χ0) is 8.91. The third-order valence-electron chi connectivity index (χ3n) is 2.01. The monoisotopic (exact) mass is 175 g/mol. The summed E-state index contributed by atoms with van der Waals surface area (Å²) in [6.07, 6.45) is 1.66. The van der Waals surface area contributed by atoms with Crippen LogP contribution in [0.4, 0.5) is 0 Å². The lowest BCUT2D eigenvalue weighted by Gasteiger charge is -2.26. The molecule has 0 aromatic carbocycles. The first-order chi connectivity index (χ1) is 5.13. The van der Waals surface area contributed by atoms with Crippen molar-refractivity contribution in [3.8, 4) is 0 Å². The highest BCUT2D eigenvalue weighted by molar-refractivity contribution is 8.01. The molecule has 0 bridgehead atoms. The lowest BCUT2D eigenvalue weighted by molar-refractivity contribution is -0.120. The molecule has 0 fully saturated rings. The number of thioether (sulfide) groups is 1. The first kappa shape index (κ1) is 10.8. The third kappa shape index (κ3) is 2.40. The van der Waals surface area contributed by atoms with Crippen molar-refractivity contribution in [3.63, 3.8) is 0 Å². The minimum Gasteiger partial charge on any atom is -0.368 e. The van der Waals surface area contributed by atoms with E-state index in [0.29, 0.717) is 0 Å². The Kier molecular flexibility index (Phi) is 4.57. The fourth-order valence-electron chi connectivity index (χ4n) is 1.15. The molecular formula is C8H17NOS. The molecule has 0 aliphatic heterocycles. The molecule has 2 nitrogen and oxygen atoms in total. The van der Waals surface area contributed by atoms with Crippen LogP contribution in [0, 0.1) is 0 Å². The minimum absolute atomic E-state index is 0.172. The van der Waals surface area contributed by atoms with Crippen molar-refractivity contribution in [2.45, 2.75) is 38.4 Å². The standard InChI is InChI=1S/C8H17NOS/c1-4-8(5-2,7(9)10)11-6-3/h4-6H2,1-3H3,(H2,9,10). The average molecular weight is 175 g/mol. The highest BCUT2D eigenvalue weighted by Gasteiger charge is 2.32. The molecule has 0 heterocycles. The lowest BCUT2D eigenvalue weighted by atomic mass is 10.0. The fraction of sp³-hybridized carbons (Fsp3) is 0.875. The van der Waals surface area contributed by atoms with Crippen LogP contribution in [0.15, 0.2) is 0 Å². The van der Waals surface area contributed by atoms with E-state index in [9.17, 15) is 4.79 Å². The smallest absolute Gasteiger partial charge is 0.233 e. The van der Waals surface area contributed by atoms with Crippen LogP contribution in [0.5, 0.6) is 0 Å². The molecule has 0 unspecified atom stereocenters. The number of amides is 1. The van der Waals surface area contributed by atoms with Crippen LogP contribution in [0.2, 0.25) is 0 Å². The molecule has 0 aromatic heterocycles. The summed E-state index contributed by atoms with van der Waals surface area (Å²) in [5, 5.41) is 0. The van der Waals surface area contributed by atoms with Crippen molar-refractivity contribution < 1.29 is 4.79 Å². The Bertz CT molecular complexity index is 132. The van der Waals surface area contributed by atoms with Gasteiger partial charge in [0.1, 0.15) is 0 Å². The zero-order valence-corrected chi connectivity index (χ0v) is 8.33. The van der Waals surface area contributed by atoms with Crippen molar-refractivity contribution in [1.29, 1.82) is 0 Å². The third-order valence-corrected chi connectivity index (χ3v) is 3.63. The van der Waals surface area contributed by atoms with Crippen molar-refractivity contribution in [1.82, 2.24) is 0 Å². The molecule has 0 saturated carbocycles. The maximum absolute atomic E-state index is 11.1. The molecule has 1 amide bonds. The molecule has 66 valence electrons. The Morgan fingerprint density at radius 2 is 1.82 bits per heavy atom. The van der Waals surface area contributed by atoms with Crippen molar-refractivity contribution in [2.24, 2.45) is 5.73 Å². The van der Waals surface area contributed by atoms with Gasteiger partial charge >= 0.3 is 0 Å². The second kappa shape index (κ2) is 4.65. The Morgan fingerprint density at radius 3 is 1.91 bits per heavy atom. The number of carbonyl (C=O) groups excluding carboxylic acids is 1. The molecule has 0 rings (SSSR count). The number of nitrogens with two attached hydrogens (primary N) is 1. The van der Waals surface area contributed by atoms with E-state index in [4.69, 9.17) is 5.73 Å². The van der Waals surface area contributed by atoms with Crippen LogP contribution in [-0.4, -0.2) is 16.4 Å². The van der Waals surface area contributed by atoms with Crippen molar-refractivity contribution in [2.75, 3.05) is 5.75 Å². The number of carbonyl (C=O) groups is 1. The van der Waals surface area contributed by atoms with Gasteiger partial charge in [-0.2, -0.15) is 0 Å². The molecule has 2 N–H and O–H groups in total. The lowest BCUT2D eigenvalue weighted by Crippen LogP contribution is -2.39. The largest absolute Gasteiger partial charge is 0.368 e. The number of rotatable bonds is 5. The molecule has 0 spiro atoms. The molecule has 0 aromatic rings. The molecule has 0 aliphatic rings. The van der Waals surface area contributed by atoms with E-state index < -0.39 is 0 Å². The summed E-state index contributed by atoms with van der Waals surface area (Å²) >= 11 is 1.66. The second-order valence-electron chi connectivity index (χ2n) is 2.50. The van der Waals surface area contributed by atoms with Crippen LogP contribution in [0.3, 0.4) is 0 Å². The van der Waals surface area contributed by atoms with Gasteiger partial charge in [0.25, 0.3) is 0 Å². The number of primary amides is 1. The Labute approximate surface area is 72.9 Å². The van der Waals surface area contributed by atoms with Gasteiger partial charge in [-0.15, -0.1) is 11.8 Å². The second-order valence-corrected chi connectivity index (χ2v) is 4.15. The summed E-state index contributed by atoms with van der Waals surface area (Å²) in [6, 6.07) is 0. The fourth-order valence-corrected chi connectivity index (χ4v) is 2.25. The van der Waals surface area contributed by atoms with Crippen molar-refractivity contribution >= 4 is 17.7 Å². The van der Waals surface area contributed by atoms with Gasteiger partial charge in [0, 0.05) is 0 Å². The maximum Gasteiger partial charge on any atom is 0.233 e. The van der Waals surface area contributed by atoms with E-state index in [1.165, 1.54) is 0 Å². The van der Waals surface area contributed by atoms with Crippen LogP contribution in [0.1, 0.15) is 33.6 Å². The van der Waals surface area contributed by atoms with Crippen LogP contribution in [-0.2, 0) is 4.79 Å². The first-order valence-corrected chi connectivity index (χ1v) is 5.05. The highest BCUT2D eigenvalue weighted by Crippen LogP contribution is 2.31. The molecular weight excluding hydrogens is 158 g/mol. The molecule has 0 aliphatic carbocycles. The SMILES string of the molecule is CCSC(CC)(CC)C(N)=O. The van der Waals surface area contributed by atoms with Gasteiger partial charge in [-0.1, -0.05) is 20.8 Å². The van der Waals surface area contributed by atoms with Gasteiger partial charge in [0.2, 0.25) is 5.91 Å². The average Bonchev–Trinajstić information content (AvgIpc) is 2.00. The van der Waals surface area contributed by atoms with Crippen molar-refractivity contribution in [3.05, 3.63) is 0 Å². The quantitative estimate of drug-likeness (QED) is 0.692. The summed E-state index contributed by atoms with van der Waals surface area (Å²) in [7, 11) is 0. The van der Waals surface area contributed by atoms with E-state index in [-0.39, 0.29) is 10.7 Å². The van der Waals surface area contributed by atoms with Gasteiger partial charge in [-0.3, -0.25) is 4.79 Å². The van der Waals surface area contributed by atoms with E-state index in [2.05, 4.69) is 0 Å². The zero-order valence-electron chi connectivity index (χ0n) is 7.52. The molecule has 0 atom stereocenters. The van der Waals surface area contributed by atoms with E-state index >= 15 is 0 Å². The Morgan fingerprint density at radius 1 is 1.36 bits per heavy atom. The molecule has 3 heteroatoms. The van der Waals surface area contributed by atoms with Gasteiger partial charge in [0.05, 0.1) is 4.75 Å². The summed E-state index contributed by atoms with van der Waals surface area (Å²) in [5.74, 6) is 0.777. The summed E-state index contributed by atoms with van der Waals surface area (Å²) in [5.41, 5.74) is 5.32. The summed E-state index contributed by atoms with van der Waals surface area (Å²) < 4.78 is -0.311. The maximum atomic E-state index is 11.1. The topological polar surface area (TPSA) is 43.1 Å². The minimum atomic E-state index is -0.311. The Balaban J connectivity index is 4.32. The Hall–Kier alpha value is -0.180. The van der Waals surface area contributed by atoms with Crippen LogP contribution in [0.25, 0.3) is 0 Å². The first-order valence-electron chi connectivity index (χ1n) is 4.06. The predicted octanol–water partition coefficient (Wildman–Crippen LogP) is 1.78. The predicted molar refractivity (Wildman–Crippen MR) is 50.6 cm³/mol. The number of hydrogen-bond donors (Lipinski definition) is 1. The molecule has 0 saturated heterocycles. The molecule has 0 radical (unpaired) electrons. The summed E-state index contributed by atoms with van der Waals surface area (Å²) in [4.78, 5) is 11.1. The van der Waals surface area contributed by atoms with E-state index in [1.54, 1.807) is 11.8 Å². The number of hydrogen-bond acceptors (Lipinski definition) is 2. The van der Waals surface area contributed by atoms with Gasteiger partial charge < -0.3 is 5.73 Å². The molecule has 11 heavy (non-hydrogen) atoms. The van der Waals surface area contributed by atoms with Crippen LogP contribution >= 0.6 is 11.8 Å². The van der Waals surface area contributed by atoms with Gasteiger partial charge in [0.15, 0.2) is 0 Å². The van der Waals surface area contributed by atoms with E-state index in [0.717, 1.165) is 18.6 Å².